The van der Waals surface area contributed by atoms with Crippen LogP contribution in [0.25, 0.3) is 0 Å². The van der Waals surface area contributed by atoms with Gasteiger partial charge in [-0.3, -0.25) is 9.52 Å². The molecule has 1 aromatic heterocycles. The fraction of sp³-hybridized carbons (Fsp3) is 0.455. The molecule has 2 aromatic rings. The second-order valence-corrected chi connectivity index (χ2v) is 12.0. The van der Waals surface area contributed by atoms with Crippen molar-refractivity contribution in [1.29, 1.82) is 4.78 Å². The van der Waals surface area contributed by atoms with Crippen LogP contribution in [0.3, 0.4) is 0 Å². The number of unbranched alkanes of at least 4 members (excludes halogenated alkanes) is 4. The number of anilines is 2. The normalized spacial score (nSPS) is 15.2. The number of rotatable bonds is 10. The Kier molecular flexibility index (Phi) is 7.55. The SMILES string of the molecule is CCCCCCCS(=N)(=O)c1ccc2c(n1)CCN2C(=O)c1ccccc1NS(C)(=O)=O. The third-order valence-corrected chi connectivity index (χ3v) is 7.72. The van der Waals surface area contributed by atoms with E-state index in [1.807, 2.05) is 0 Å². The molecule has 3 rings (SSSR count). The number of sulfonamides is 1. The number of fused-ring (bicyclic) bond motifs is 1. The van der Waals surface area contributed by atoms with Crippen LogP contribution in [0.5, 0.6) is 0 Å². The molecule has 0 bridgehead atoms. The highest BCUT2D eigenvalue weighted by molar-refractivity contribution is 7.92. The van der Waals surface area contributed by atoms with Crippen molar-refractivity contribution in [2.24, 2.45) is 0 Å². The lowest BCUT2D eigenvalue weighted by atomic mass is 10.1. The molecule has 1 aromatic carbocycles. The van der Waals surface area contributed by atoms with E-state index in [2.05, 4.69) is 16.6 Å². The first-order valence-corrected chi connectivity index (χ1v) is 14.4. The van der Waals surface area contributed by atoms with E-state index in [0.29, 0.717) is 24.3 Å². The van der Waals surface area contributed by atoms with Gasteiger partial charge in [0, 0.05) is 18.7 Å². The minimum Gasteiger partial charge on any atom is -0.306 e. The standard InChI is InChI=1S/C22H30N4O4S2/c1-3-4-5-6-9-16-32(23,30)21-13-12-20-19(24-21)14-15-26(20)22(27)17-10-7-8-11-18(17)25-31(2,28)29/h7-8,10-13,23,25H,3-6,9,14-16H2,1-2H3. The van der Waals surface area contributed by atoms with Gasteiger partial charge in [-0.2, -0.15) is 0 Å². The summed E-state index contributed by atoms with van der Waals surface area (Å²) in [6.07, 6.45) is 6.56. The largest absolute Gasteiger partial charge is 0.306 e. The Morgan fingerprint density at radius 2 is 1.81 bits per heavy atom. The molecule has 174 valence electrons. The third kappa shape index (κ3) is 5.86. The molecule has 2 heterocycles. The second kappa shape index (κ2) is 9.99. The molecule has 0 fully saturated rings. The minimum absolute atomic E-state index is 0.218. The van der Waals surface area contributed by atoms with Crippen LogP contribution in [0, 0.1) is 4.78 Å². The number of carbonyl (C=O) groups excluding carboxylic acids is 1. The highest BCUT2D eigenvalue weighted by atomic mass is 32.2. The van der Waals surface area contributed by atoms with Crippen LogP contribution in [0.15, 0.2) is 41.4 Å². The van der Waals surface area contributed by atoms with Gasteiger partial charge in [-0.25, -0.2) is 22.4 Å². The molecular weight excluding hydrogens is 448 g/mol. The lowest BCUT2D eigenvalue weighted by molar-refractivity contribution is 0.0990. The topological polar surface area (TPSA) is 120 Å². The zero-order valence-electron chi connectivity index (χ0n) is 18.5. The highest BCUT2D eigenvalue weighted by Crippen LogP contribution is 2.31. The second-order valence-electron chi connectivity index (χ2n) is 8.04. The Morgan fingerprint density at radius 1 is 1.09 bits per heavy atom. The van der Waals surface area contributed by atoms with E-state index in [9.17, 15) is 17.4 Å². The fourth-order valence-electron chi connectivity index (χ4n) is 3.75. The summed E-state index contributed by atoms with van der Waals surface area (Å²) in [4.78, 5) is 19.2. The Labute approximate surface area is 190 Å². The summed E-state index contributed by atoms with van der Waals surface area (Å²) in [6, 6.07) is 9.72. The maximum Gasteiger partial charge on any atom is 0.260 e. The number of para-hydroxylation sites is 1. The molecule has 0 saturated carbocycles. The van der Waals surface area contributed by atoms with E-state index in [1.54, 1.807) is 41.3 Å². The van der Waals surface area contributed by atoms with Crippen molar-refractivity contribution in [2.45, 2.75) is 50.5 Å². The van der Waals surface area contributed by atoms with Gasteiger partial charge in [0.05, 0.1) is 38.6 Å². The number of benzene rings is 1. The number of carbonyl (C=O) groups is 1. The van der Waals surface area contributed by atoms with E-state index >= 15 is 0 Å². The molecule has 1 unspecified atom stereocenters. The van der Waals surface area contributed by atoms with Gasteiger partial charge in [0.15, 0.2) is 0 Å². The van der Waals surface area contributed by atoms with Crippen molar-refractivity contribution in [3.05, 3.63) is 47.7 Å². The lowest BCUT2D eigenvalue weighted by Crippen LogP contribution is -2.30. The van der Waals surface area contributed by atoms with Crippen LogP contribution >= 0.6 is 0 Å². The maximum absolute atomic E-state index is 13.2. The number of nitrogens with one attached hydrogen (secondary N) is 2. The lowest BCUT2D eigenvalue weighted by Gasteiger charge is -2.19. The van der Waals surface area contributed by atoms with E-state index < -0.39 is 19.8 Å². The van der Waals surface area contributed by atoms with E-state index in [0.717, 1.165) is 38.4 Å². The summed E-state index contributed by atoms with van der Waals surface area (Å²) in [7, 11) is -6.52. The number of nitrogens with zero attached hydrogens (tertiary/aromatic N) is 2. The van der Waals surface area contributed by atoms with Crippen LogP contribution < -0.4 is 9.62 Å². The monoisotopic (exact) mass is 478 g/mol. The van der Waals surface area contributed by atoms with Crippen molar-refractivity contribution in [3.8, 4) is 0 Å². The van der Waals surface area contributed by atoms with Crippen LogP contribution in [-0.2, 0) is 26.2 Å². The highest BCUT2D eigenvalue weighted by Gasteiger charge is 2.29. The van der Waals surface area contributed by atoms with Crippen LogP contribution in [0.4, 0.5) is 11.4 Å². The average Bonchev–Trinajstić information content (AvgIpc) is 3.15. The van der Waals surface area contributed by atoms with Gasteiger partial charge in [-0.1, -0.05) is 44.7 Å². The van der Waals surface area contributed by atoms with Gasteiger partial charge in [0.25, 0.3) is 5.91 Å². The van der Waals surface area contributed by atoms with Crippen molar-refractivity contribution in [3.63, 3.8) is 0 Å². The van der Waals surface area contributed by atoms with Crippen LogP contribution in [0.2, 0.25) is 0 Å². The first kappa shape index (κ1) is 24.2. The smallest absolute Gasteiger partial charge is 0.260 e. The number of pyridine rings is 1. The van der Waals surface area contributed by atoms with Gasteiger partial charge in [0.2, 0.25) is 10.0 Å². The first-order valence-electron chi connectivity index (χ1n) is 10.8. The number of hydrogen-bond acceptors (Lipinski definition) is 6. The maximum atomic E-state index is 13.2. The summed E-state index contributed by atoms with van der Waals surface area (Å²) in [5.74, 6) is -0.0528. The molecule has 0 spiro atoms. The van der Waals surface area contributed by atoms with Crippen LogP contribution in [0.1, 0.15) is 55.1 Å². The predicted molar refractivity (Wildman–Crippen MR) is 127 cm³/mol. The van der Waals surface area contributed by atoms with Gasteiger partial charge < -0.3 is 4.90 Å². The zero-order chi connectivity index (χ0) is 23.4. The quantitative estimate of drug-likeness (QED) is 0.500. The average molecular weight is 479 g/mol. The van der Waals surface area contributed by atoms with Gasteiger partial charge in [0.1, 0.15) is 5.03 Å². The third-order valence-electron chi connectivity index (χ3n) is 5.36. The zero-order valence-corrected chi connectivity index (χ0v) is 20.1. The molecule has 10 heteroatoms. The van der Waals surface area contributed by atoms with Gasteiger partial charge in [-0.05, 0) is 30.7 Å². The van der Waals surface area contributed by atoms with E-state index in [-0.39, 0.29) is 27.9 Å². The molecule has 2 N–H and O–H groups in total. The Hall–Kier alpha value is -2.46. The summed E-state index contributed by atoms with van der Waals surface area (Å²) in [5.41, 5.74) is 1.70. The molecule has 1 aliphatic heterocycles. The fourth-order valence-corrected chi connectivity index (χ4v) is 5.70. The minimum atomic E-state index is -3.54. The number of hydrogen-bond donors (Lipinski definition) is 2. The van der Waals surface area contributed by atoms with Gasteiger partial charge >= 0.3 is 0 Å². The van der Waals surface area contributed by atoms with Crippen molar-refractivity contribution >= 4 is 37.0 Å². The van der Waals surface area contributed by atoms with Crippen molar-refractivity contribution in [2.75, 3.05) is 28.2 Å². The molecule has 8 nitrogen and oxygen atoms in total. The first-order chi connectivity index (χ1) is 15.1. The summed E-state index contributed by atoms with van der Waals surface area (Å²) in [5, 5.41) is 0.264. The number of aromatic nitrogens is 1. The number of amides is 1. The molecular formula is C22H30N4O4S2. The molecule has 1 amide bonds. The van der Waals surface area contributed by atoms with E-state index in [4.69, 9.17) is 4.78 Å². The van der Waals surface area contributed by atoms with Crippen molar-refractivity contribution in [1.82, 2.24) is 4.98 Å². The Balaban J connectivity index is 1.78. The van der Waals surface area contributed by atoms with Crippen molar-refractivity contribution < 1.29 is 17.4 Å². The predicted octanol–water partition coefficient (Wildman–Crippen LogP) is 4.03. The molecule has 1 aliphatic rings. The Bertz CT molecular complexity index is 1190. The Morgan fingerprint density at radius 3 is 2.53 bits per heavy atom. The summed E-state index contributed by atoms with van der Waals surface area (Å²) in [6.45, 7) is 2.52. The van der Waals surface area contributed by atoms with E-state index in [1.165, 1.54) is 0 Å². The van der Waals surface area contributed by atoms with Gasteiger partial charge in [-0.15, -0.1) is 0 Å². The van der Waals surface area contributed by atoms with Crippen LogP contribution in [-0.4, -0.2) is 42.1 Å². The molecule has 0 saturated heterocycles. The molecule has 32 heavy (non-hydrogen) atoms. The summed E-state index contributed by atoms with van der Waals surface area (Å²) < 4.78 is 46.9. The molecule has 0 aliphatic carbocycles. The molecule has 1 atom stereocenters. The molecule has 0 radical (unpaired) electrons. The summed E-state index contributed by atoms with van der Waals surface area (Å²) >= 11 is 0.